The fraction of sp³-hybridized carbons (Fsp3) is 0.333. The van der Waals surface area contributed by atoms with Crippen LogP contribution in [0.15, 0.2) is 28.2 Å². The monoisotopic (exact) mass is 270 g/mol. The maximum absolute atomic E-state index is 12.5. The molecule has 9 heteroatoms. The molecule has 0 aromatic heterocycles. The first-order valence-electron chi connectivity index (χ1n) is 4.50. The number of hydrogen-bond donors (Lipinski definition) is 1. The minimum atomic E-state index is -5.28. The SMILES string of the molecule is OC1(C(F)(F)F)N=c2cccc(C(F)(F)F)c2=N1. The van der Waals surface area contributed by atoms with Crippen molar-refractivity contribution in [1.82, 2.24) is 0 Å². The summed E-state index contributed by atoms with van der Waals surface area (Å²) < 4.78 is 74.8. The van der Waals surface area contributed by atoms with Crippen LogP contribution in [-0.4, -0.2) is 17.1 Å². The standard InChI is InChI=1S/C9H4F6N2O/c10-7(11,12)4-2-1-3-5-6(4)17-9(18,16-5)8(13,14)15/h1-3,18H. The molecule has 0 bridgehead atoms. The van der Waals surface area contributed by atoms with E-state index < -0.39 is 34.5 Å². The molecule has 1 N–H and O–H groups in total. The Balaban J connectivity index is 2.74. The van der Waals surface area contributed by atoms with Crippen LogP contribution in [0, 0.1) is 0 Å². The van der Waals surface area contributed by atoms with E-state index in [1.165, 1.54) is 0 Å². The van der Waals surface area contributed by atoms with Crippen molar-refractivity contribution < 1.29 is 31.4 Å². The van der Waals surface area contributed by atoms with E-state index in [2.05, 4.69) is 9.98 Å². The second kappa shape index (κ2) is 3.44. The van der Waals surface area contributed by atoms with Crippen LogP contribution < -0.4 is 10.7 Å². The predicted molar refractivity (Wildman–Crippen MR) is 44.8 cm³/mol. The molecule has 1 aliphatic rings. The molecule has 2 rings (SSSR count). The van der Waals surface area contributed by atoms with Crippen molar-refractivity contribution in [2.24, 2.45) is 9.98 Å². The van der Waals surface area contributed by atoms with Gasteiger partial charge >= 0.3 is 18.2 Å². The summed E-state index contributed by atoms with van der Waals surface area (Å²) in [7, 11) is 0. The average molecular weight is 270 g/mol. The summed E-state index contributed by atoms with van der Waals surface area (Å²) in [5, 5.41) is 7.46. The molecule has 1 heterocycles. The Labute approximate surface area is 95.1 Å². The van der Waals surface area contributed by atoms with E-state index in [9.17, 15) is 26.3 Å². The highest BCUT2D eigenvalue weighted by Crippen LogP contribution is 2.34. The van der Waals surface area contributed by atoms with E-state index in [0.717, 1.165) is 12.1 Å². The van der Waals surface area contributed by atoms with Crippen LogP contribution in [-0.2, 0) is 6.18 Å². The quantitative estimate of drug-likeness (QED) is 0.707. The van der Waals surface area contributed by atoms with Crippen LogP contribution in [0.4, 0.5) is 26.3 Å². The highest BCUT2D eigenvalue weighted by molar-refractivity contribution is 5.20. The molecule has 1 aromatic carbocycles. The average Bonchev–Trinajstić information content (AvgIpc) is 2.52. The Bertz CT molecular complexity index is 605. The number of para-hydroxylation sites is 1. The molecular weight excluding hydrogens is 266 g/mol. The fourth-order valence-corrected chi connectivity index (χ4v) is 1.44. The predicted octanol–water partition coefficient (Wildman–Crippen LogP) is 1.17. The lowest BCUT2D eigenvalue weighted by Crippen LogP contribution is -2.41. The Morgan fingerprint density at radius 3 is 2.11 bits per heavy atom. The van der Waals surface area contributed by atoms with Crippen LogP contribution in [0.1, 0.15) is 5.56 Å². The molecule has 0 saturated heterocycles. The van der Waals surface area contributed by atoms with Gasteiger partial charge in [0.1, 0.15) is 5.36 Å². The van der Waals surface area contributed by atoms with Crippen molar-refractivity contribution in [3.63, 3.8) is 0 Å². The van der Waals surface area contributed by atoms with Gasteiger partial charge in [-0.3, -0.25) is 0 Å². The lowest BCUT2D eigenvalue weighted by Gasteiger charge is -2.18. The van der Waals surface area contributed by atoms with Crippen LogP contribution in [0.2, 0.25) is 0 Å². The molecule has 3 nitrogen and oxygen atoms in total. The zero-order valence-corrected chi connectivity index (χ0v) is 8.34. The topological polar surface area (TPSA) is 45.0 Å². The van der Waals surface area contributed by atoms with Crippen molar-refractivity contribution in [1.29, 1.82) is 0 Å². The zero-order chi connectivity index (χ0) is 13.8. The smallest absolute Gasteiger partial charge is 0.344 e. The molecule has 0 spiro atoms. The molecule has 0 aliphatic carbocycles. The van der Waals surface area contributed by atoms with Crippen LogP contribution >= 0.6 is 0 Å². The Morgan fingerprint density at radius 2 is 1.61 bits per heavy atom. The third-order valence-electron chi connectivity index (χ3n) is 2.24. The second-order valence-corrected chi connectivity index (χ2v) is 3.53. The van der Waals surface area contributed by atoms with E-state index in [4.69, 9.17) is 5.11 Å². The minimum absolute atomic E-state index is 0.569. The van der Waals surface area contributed by atoms with Gasteiger partial charge < -0.3 is 5.11 Å². The molecule has 98 valence electrons. The van der Waals surface area contributed by atoms with Crippen LogP contribution in [0.5, 0.6) is 0 Å². The van der Waals surface area contributed by atoms with Gasteiger partial charge in [-0.2, -0.15) is 26.3 Å². The van der Waals surface area contributed by atoms with Gasteiger partial charge in [0, 0.05) is 0 Å². The van der Waals surface area contributed by atoms with Crippen molar-refractivity contribution >= 4 is 0 Å². The number of fused-ring (bicyclic) bond motifs is 1. The van der Waals surface area contributed by atoms with Gasteiger partial charge in [-0.1, -0.05) is 6.07 Å². The minimum Gasteiger partial charge on any atom is -0.344 e. The largest absolute Gasteiger partial charge is 0.462 e. The molecule has 1 aliphatic heterocycles. The van der Waals surface area contributed by atoms with Gasteiger partial charge in [0.15, 0.2) is 0 Å². The van der Waals surface area contributed by atoms with Gasteiger partial charge in [-0.15, -0.1) is 0 Å². The maximum atomic E-state index is 12.5. The summed E-state index contributed by atoms with van der Waals surface area (Å²) in [5.41, 5.74) is -1.37. The number of benzene rings is 1. The molecule has 1 aromatic rings. The molecule has 18 heavy (non-hydrogen) atoms. The molecular formula is C9H4F6N2O. The Hall–Kier alpha value is -1.64. The van der Waals surface area contributed by atoms with Gasteiger partial charge in [-0.25, -0.2) is 9.98 Å². The van der Waals surface area contributed by atoms with Crippen LogP contribution in [0.25, 0.3) is 0 Å². The summed E-state index contributed by atoms with van der Waals surface area (Å²) in [6.07, 6.45) is -10.2. The summed E-state index contributed by atoms with van der Waals surface area (Å²) in [6, 6.07) is 2.38. The van der Waals surface area contributed by atoms with E-state index in [1.54, 1.807) is 0 Å². The first-order valence-corrected chi connectivity index (χ1v) is 4.50. The number of alkyl halides is 6. The number of rotatable bonds is 0. The Kier molecular flexibility index (Phi) is 2.45. The first-order chi connectivity index (χ1) is 8.05. The van der Waals surface area contributed by atoms with E-state index >= 15 is 0 Å². The highest BCUT2D eigenvalue weighted by Gasteiger charge is 2.56. The molecule has 0 saturated carbocycles. The number of halogens is 6. The van der Waals surface area contributed by atoms with Crippen molar-refractivity contribution in [3.05, 3.63) is 34.5 Å². The summed E-state index contributed by atoms with van der Waals surface area (Å²) >= 11 is 0. The van der Waals surface area contributed by atoms with Crippen molar-refractivity contribution in [3.8, 4) is 0 Å². The first kappa shape index (κ1) is 12.8. The van der Waals surface area contributed by atoms with Crippen LogP contribution in [0.3, 0.4) is 0 Å². The molecule has 0 amide bonds. The second-order valence-electron chi connectivity index (χ2n) is 3.53. The van der Waals surface area contributed by atoms with Gasteiger partial charge in [0.25, 0.3) is 0 Å². The zero-order valence-electron chi connectivity index (χ0n) is 8.34. The summed E-state index contributed by atoms with van der Waals surface area (Å²) in [5.74, 6) is -3.85. The van der Waals surface area contributed by atoms with Gasteiger partial charge in [0.2, 0.25) is 0 Å². The molecule has 1 unspecified atom stereocenters. The molecule has 1 atom stereocenters. The number of hydrogen-bond acceptors (Lipinski definition) is 3. The highest BCUT2D eigenvalue weighted by atomic mass is 19.4. The van der Waals surface area contributed by atoms with E-state index in [-0.39, 0.29) is 0 Å². The van der Waals surface area contributed by atoms with E-state index in [1.807, 2.05) is 0 Å². The molecule has 0 radical (unpaired) electrons. The third kappa shape index (κ3) is 1.84. The Morgan fingerprint density at radius 1 is 1.00 bits per heavy atom. The lowest BCUT2D eigenvalue weighted by molar-refractivity contribution is -0.253. The third-order valence-corrected chi connectivity index (χ3v) is 2.24. The summed E-state index contributed by atoms with van der Waals surface area (Å²) in [6.45, 7) is 0. The van der Waals surface area contributed by atoms with Gasteiger partial charge in [0.05, 0.1) is 10.9 Å². The maximum Gasteiger partial charge on any atom is 0.462 e. The fourth-order valence-electron chi connectivity index (χ4n) is 1.44. The lowest BCUT2D eigenvalue weighted by atomic mass is 10.2. The van der Waals surface area contributed by atoms with E-state index in [0.29, 0.717) is 6.07 Å². The summed E-state index contributed by atoms with van der Waals surface area (Å²) in [4.78, 5) is 5.46. The normalized spacial score (nSPS) is 23.3. The van der Waals surface area contributed by atoms with Crippen molar-refractivity contribution in [2.45, 2.75) is 18.2 Å². The van der Waals surface area contributed by atoms with Crippen molar-refractivity contribution in [2.75, 3.05) is 0 Å². The number of nitrogens with zero attached hydrogens (tertiary/aromatic N) is 2. The van der Waals surface area contributed by atoms with Gasteiger partial charge in [-0.05, 0) is 12.1 Å². The number of aliphatic hydroxyl groups is 1. The molecule has 0 fully saturated rings.